The first-order chi connectivity index (χ1) is 13.1. The summed E-state index contributed by atoms with van der Waals surface area (Å²) in [5.41, 5.74) is 7.14. The molecule has 158 valence electrons. The first-order valence-electron chi connectivity index (χ1n) is 9.54. The molecule has 8 heteroatoms. The van der Waals surface area contributed by atoms with E-state index in [1.807, 2.05) is 30.3 Å². The van der Waals surface area contributed by atoms with E-state index in [0.717, 1.165) is 31.2 Å². The fourth-order valence-corrected chi connectivity index (χ4v) is 3.25. The Hall–Kier alpha value is -1.67. The largest absolute Gasteiger partial charge is 0.382 e. The Morgan fingerprint density at radius 1 is 1.14 bits per heavy atom. The minimum absolute atomic E-state index is 0. The highest BCUT2D eigenvalue weighted by Gasteiger charge is 2.27. The van der Waals surface area contributed by atoms with Gasteiger partial charge in [0.15, 0.2) is 0 Å². The van der Waals surface area contributed by atoms with Crippen molar-refractivity contribution in [2.24, 2.45) is 11.7 Å². The third-order valence-corrected chi connectivity index (χ3v) is 4.85. The van der Waals surface area contributed by atoms with Crippen molar-refractivity contribution in [1.82, 2.24) is 10.6 Å². The third kappa shape index (κ3) is 8.56. The molecule has 1 fully saturated rings. The van der Waals surface area contributed by atoms with Crippen LogP contribution in [0, 0.1) is 5.92 Å². The van der Waals surface area contributed by atoms with Crippen LogP contribution < -0.4 is 16.4 Å². The molecule has 1 atom stereocenters. The number of halogens is 1. The average Bonchev–Trinajstić information content (AvgIpc) is 2.70. The molecule has 1 aliphatic carbocycles. The van der Waals surface area contributed by atoms with Gasteiger partial charge in [-0.1, -0.05) is 30.3 Å². The van der Waals surface area contributed by atoms with Crippen LogP contribution in [-0.2, 0) is 19.1 Å². The molecule has 2 amide bonds. The first kappa shape index (κ1) is 24.4. The van der Waals surface area contributed by atoms with Gasteiger partial charge in [0.1, 0.15) is 6.61 Å². The van der Waals surface area contributed by atoms with Crippen LogP contribution in [0.2, 0.25) is 0 Å². The van der Waals surface area contributed by atoms with Crippen LogP contribution in [0.4, 0.5) is 0 Å². The molecule has 1 aliphatic rings. The zero-order valence-corrected chi connectivity index (χ0v) is 17.2. The minimum Gasteiger partial charge on any atom is -0.382 e. The minimum atomic E-state index is -0.205. The van der Waals surface area contributed by atoms with Gasteiger partial charge in [-0.15, -0.1) is 12.4 Å². The number of benzene rings is 1. The zero-order valence-electron chi connectivity index (χ0n) is 16.4. The summed E-state index contributed by atoms with van der Waals surface area (Å²) >= 11 is 0. The second-order valence-electron chi connectivity index (χ2n) is 6.92. The second-order valence-corrected chi connectivity index (χ2v) is 6.92. The summed E-state index contributed by atoms with van der Waals surface area (Å²) in [5.74, 6) is -0.0824. The molecule has 2 rings (SSSR count). The van der Waals surface area contributed by atoms with Crippen LogP contribution in [0.15, 0.2) is 30.3 Å². The van der Waals surface area contributed by atoms with Gasteiger partial charge < -0.3 is 25.8 Å². The Balaban J connectivity index is 0.00000392. The summed E-state index contributed by atoms with van der Waals surface area (Å²) in [6.45, 7) is 1.35. The maximum atomic E-state index is 12.4. The lowest BCUT2D eigenvalue weighted by Crippen LogP contribution is -2.43. The molecule has 1 aromatic carbocycles. The lowest BCUT2D eigenvalue weighted by molar-refractivity contribution is -0.127. The highest BCUT2D eigenvalue weighted by atomic mass is 35.5. The van der Waals surface area contributed by atoms with Crippen molar-refractivity contribution in [2.45, 2.75) is 37.8 Å². The smallest absolute Gasteiger partial charge is 0.246 e. The van der Waals surface area contributed by atoms with Gasteiger partial charge in [-0.3, -0.25) is 9.59 Å². The van der Waals surface area contributed by atoms with E-state index < -0.39 is 0 Å². The number of hydrogen-bond acceptors (Lipinski definition) is 5. The van der Waals surface area contributed by atoms with Crippen LogP contribution >= 0.6 is 12.4 Å². The fourth-order valence-electron chi connectivity index (χ4n) is 3.25. The van der Waals surface area contributed by atoms with E-state index in [1.165, 1.54) is 0 Å². The Morgan fingerprint density at radius 2 is 1.82 bits per heavy atom. The standard InChI is InChI=1S/C20H31N3O4.ClH/c1-26-11-12-27-14-19(24)23-17-9-7-16(8-10-17)20(25)22-13-18(21)15-5-3-2-4-6-15;/h2-6,16-18H,7-14,21H2,1H3,(H,22,25)(H,23,24);1H. The number of nitrogens with two attached hydrogens (primary N) is 1. The van der Waals surface area contributed by atoms with Crippen molar-refractivity contribution >= 4 is 24.2 Å². The summed E-state index contributed by atoms with van der Waals surface area (Å²) in [4.78, 5) is 24.2. The fraction of sp³-hybridized carbons (Fsp3) is 0.600. The predicted octanol–water partition coefficient (Wildman–Crippen LogP) is 1.56. The summed E-state index contributed by atoms with van der Waals surface area (Å²) in [7, 11) is 1.59. The summed E-state index contributed by atoms with van der Waals surface area (Å²) in [5, 5.41) is 5.93. The molecular weight excluding hydrogens is 382 g/mol. The number of amides is 2. The number of hydrogen-bond donors (Lipinski definition) is 3. The molecule has 1 saturated carbocycles. The van der Waals surface area contributed by atoms with Crippen molar-refractivity contribution in [2.75, 3.05) is 33.5 Å². The summed E-state index contributed by atoms with van der Waals surface area (Å²) in [6.07, 6.45) is 3.13. The predicted molar refractivity (Wildman–Crippen MR) is 110 cm³/mol. The van der Waals surface area contributed by atoms with Gasteiger partial charge in [-0.05, 0) is 31.2 Å². The quantitative estimate of drug-likeness (QED) is 0.505. The molecule has 0 radical (unpaired) electrons. The van der Waals surface area contributed by atoms with Crippen LogP contribution in [0.5, 0.6) is 0 Å². The molecule has 0 aromatic heterocycles. The SMILES string of the molecule is COCCOCC(=O)NC1CCC(C(=O)NCC(N)c2ccccc2)CC1.Cl. The highest BCUT2D eigenvalue weighted by molar-refractivity contribution is 5.85. The van der Waals surface area contributed by atoms with E-state index in [0.29, 0.717) is 19.8 Å². The average molecular weight is 414 g/mol. The summed E-state index contributed by atoms with van der Waals surface area (Å²) < 4.78 is 10.1. The molecule has 1 unspecified atom stereocenters. The van der Waals surface area contributed by atoms with Gasteiger partial charge in [-0.2, -0.15) is 0 Å². The van der Waals surface area contributed by atoms with Crippen molar-refractivity contribution in [3.8, 4) is 0 Å². The van der Waals surface area contributed by atoms with Crippen LogP contribution in [-0.4, -0.2) is 51.3 Å². The van der Waals surface area contributed by atoms with Crippen LogP contribution in [0.25, 0.3) is 0 Å². The molecule has 0 aliphatic heterocycles. The number of rotatable bonds is 10. The normalized spacial score (nSPS) is 19.9. The lowest BCUT2D eigenvalue weighted by Gasteiger charge is -2.28. The van der Waals surface area contributed by atoms with Crippen LogP contribution in [0.3, 0.4) is 0 Å². The topological polar surface area (TPSA) is 103 Å². The molecule has 7 nitrogen and oxygen atoms in total. The van der Waals surface area contributed by atoms with Gasteiger partial charge in [0, 0.05) is 31.7 Å². The van der Waals surface area contributed by atoms with E-state index in [4.69, 9.17) is 15.2 Å². The Bertz CT molecular complexity index is 580. The number of carbonyl (C=O) groups excluding carboxylic acids is 2. The molecule has 4 N–H and O–H groups in total. The Kier molecular flexibility index (Phi) is 11.7. The van der Waals surface area contributed by atoms with E-state index >= 15 is 0 Å². The van der Waals surface area contributed by atoms with Crippen molar-refractivity contribution in [1.29, 1.82) is 0 Å². The van der Waals surface area contributed by atoms with E-state index in [2.05, 4.69) is 10.6 Å². The molecular formula is C20H32ClN3O4. The van der Waals surface area contributed by atoms with Gasteiger partial charge >= 0.3 is 0 Å². The van der Waals surface area contributed by atoms with Crippen molar-refractivity contribution < 1.29 is 19.1 Å². The van der Waals surface area contributed by atoms with Gasteiger partial charge in [0.2, 0.25) is 11.8 Å². The zero-order chi connectivity index (χ0) is 19.5. The first-order valence-corrected chi connectivity index (χ1v) is 9.54. The maximum absolute atomic E-state index is 12.4. The molecule has 1 aromatic rings. The Labute approximate surface area is 173 Å². The van der Waals surface area contributed by atoms with Crippen molar-refractivity contribution in [3.05, 3.63) is 35.9 Å². The molecule has 0 bridgehead atoms. The molecule has 28 heavy (non-hydrogen) atoms. The second kappa shape index (κ2) is 13.5. The monoisotopic (exact) mass is 413 g/mol. The number of ether oxygens (including phenoxy) is 2. The maximum Gasteiger partial charge on any atom is 0.246 e. The van der Waals surface area contributed by atoms with Crippen molar-refractivity contribution in [3.63, 3.8) is 0 Å². The van der Waals surface area contributed by atoms with E-state index in [9.17, 15) is 9.59 Å². The lowest BCUT2D eigenvalue weighted by atomic mass is 9.85. The van der Waals surface area contributed by atoms with Crippen LogP contribution in [0.1, 0.15) is 37.3 Å². The number of carbonyl (C=O) groups is 2. The molecule has 0 heterocycles. The summed E-state index contributed by atoms with van der Waals surface area (Å²) in [6, 6.07) is 9.65. The molecule has 0 spiro atoms. The van der Waals surface area contributed by atoms with Gasteiger partial charge in [0.05, 0.1) is 13.2 Å². The highest BCUT2D eigenvalue weighted by Crippen LogP contribution is 2.24. The van der Waals surface area contributed by atoms with E-state index in [1.54, 1.807) is 7.11 Å². The number of nitrogens with one attached hydrogen (secondary N) is 2. The van der Waals surface area contributed by atoms with Gasteiger partial charge in [0.25, 0.3) is 0 Å². The Morgan fingerprint density at radius 3 is 2.46 bits per heavy atom. The third-order valence-electron chi connectivity index (χ3n) is 4.85. The van der Waals surface area contributed by atoms with E-state index in [-0.39, 0.29) is 48.8 Å². The number of methoxy groups -OCH3 is 1. The van der Waals surface area contributed by atoms with Gasteiger partial charge in [-0.25, -0.2) is 0 Å². The molecule has 0 saturated heterocycles.